The minimum atomic E-state index is 0.654. The molecule has 0 unspecified atom stereocenters. The summed E-state index contributed by atoms with van der Waals surface area (Å²) in [5.74, 6) is 1.47. The molecule has 2 rings (SSSR count). The Morgan fingerprint density at radius 1 is 1.44 bits per heavy atom. The molecule has 0 saturated carbocycles. The largest absolute Gasteiger partial charge is 0.399 e. The number of hydrogen-bond acceptors (Lipinski definition) is 3. The van der Waals surface area contributed by atoms with Gasteiger partial charge in [-0.1, -0.05) is 13.8 Å². The van der Waals surface area contributed by atoms with E-state index in [1.165, 1.54) is 0 Å². The Morgan fingerprint density at radius 2 is 2.12 bits per heavy atom. The molecule has 0 aromatic heterocycles. The Kier molecular flexibility index (Phi) is 2.74. The Morgan fingerprint density at radius 3 is 2.69 bits per heavy atom. The molecule has 0 atom stereocenters. The van der Waals surface area contributed by atoms with E-state index in [9.17, 15) is 0 Å². The summed E-state index contributed by atoms with van der Waals surface area (Å²) in [5.41, 5.74) is 8.03. The monoisotopic (exact) mass is 215 g/mol. The predicted molar refractivity (Wildman–Crippen MR) is 66.1 cm³/mol. The predicted octanol–water partition coefficient (Wildman–Crippen LogP) is 2.23. The summed E-state index contributed by atoms with van der Waals surface area (Å²) in [4.78, 5) is 2.25. The quantitative estimate of drug-likeness (QED) is 0.770. The number of nitriles is 1. The van der Waals surface area contributed by atoms with Gasteiger partial charge in [-0.3, -0.25) is 0 Å². The second-order valence-electron chi connectivity index (χ2n) is 4.80. The topological polar surface area (TPSA) is 53.0 Å². The van der Waals surface area contributed by atoms with Crippen molar-refractivity contribution >= 4 is 11.4 Å². The van der Waals surface area contributed by atoms with E-state index in [-0.39, 0.29) is 0 Å². The smallest absolute Gasteiger partial charge is 0.101 e. The lowest BCUT2D eigenvalue weighted by atomic mass is 9.87. The molecule has 1 heterocycles. The van der Waals surface area contributed by atoms with E-state index < -0.39 is 0 Å². The molecule has 16 heavy (non-hydrogen) atoms. The number of nitrogens with zero attached hydrogens (tertiary/aromatic N) is 2. The van der Waals surface area contributed by atoms with Crippen LogP contribution >= 0.6 is 0 Å². The summed E-state index contributed by atoms with van der Waals surface area (Å²) in [6.45, 7) is 6.60. The molecule has 1 fully saturated rings. The molecule has 84 valence electrons. The average Bonchev–Trinajstić information content (AvgIpc) is 2.17. The minimum Gasteiger partial charge on any atom is -0.399 e. The van der Waals surface area contributed by atoms with E-state index in [1.54, 1.807) is 6.07 Å². The van der Waals surface area contributed by atoms with Crippen molar-refractivity contribution < 1.29 is 0 Å². The highest BCUT2D eigenvalue weighted by molar-refractivity contribution is 5.65. The fourth-order valence-corrected chi connectivity index (χ4v) is 2.05. The second kappa shape index (κ2) is 4.05. The molecule has 0 spiro atoms. The first-order valence-electron chi connectivity index (χ1n) is 5.66. The van der Waals surface area contributed by atoms with Crippen molar-refractivity contribution in [3.8, 4) is 6.07 Å². The van der Waals surface area contributed by atoms with Gasteiger partial charge in [0.05, 0.1) is 11.3 Å². The van der Waals surface area contributed by atoms with E-state index in [4.69, 9.17) is 11.0 Å². The Labute approximate surface area is 96.5 Å². The number of nitrogens with two attached hydrogens (primary N) is 1. The first kappa shape index (κ1) is 10.8. The summed E-state index contributed by atoms with van der Waals surface area (Å²) < 4.78 is 0. The third kappa shape index (κ3) is 1.83. The minimum absolute atomic E-state index is 0.654. The maximum absolute atomic E-state index is 9.05. The van der Waals surface area contributed by atoms with Crippen LogP contribution in [0.5, 0.6) is 0 Å². The van der Waals surface area contributed by atoms with Crippen molar-refractivity contribution in [2.75, 3.05) is 23.7 Å². The lowest BCUT2D eigenvalue weighted by Crippen LogP contribution is -2.49. The molecule has 3 nitrogen and oxygen atoms in total. The molecule has 2 N–H and O–H groups in total. The maximum Gasteiger partial charge on any atom is 0.101 e. The van der Waals surface area contributed by atoms with Gasteiger partial charge < -0.3 is 10.6 Å². The molecule has 1 aromatic rings. The average molecular weight is 215 g/mol. The van der Waals surface area contributed by atoms with E-state index in [0.717, 1.165) is 30.6 Å². The fourth-order valence-electron chi connectivity index (χ4n) is 2.05. The van der Waals surface area contributed by atoms with Gasteiger partial charge in [-0.2, -0.15) is 5.26 Å². The van der Waals surface area contributed by atoms with Crippen molar-refractivity contribution in [1.82, 2.24) is 0 Å². The van der Waals surface area contributed by atoms with Gasteiger partial charge in [0.15, 0.2) is 0 Å². The van der Waals surface area contributed by atoms with Gasteiger partial charge in [0.1, 0.15) is 6.07 Å². The van der Waals surface area contributed by atoms with Crippen molar-refractivity contribution in [1.29, 1.82) is 5.26 Å². The molecular weight excluding hydrogens is 198 g/mol. The number of rotatable bonds is 2. The van der Waals surface area contributed by atoms with Crippen LogP contribution in [0.1, 0.15) is 19.4 Å². The first-order chi connectivity index (χ1) is 7.61. The van der Waals surface area contributed by atoms with Crippen LogP contribution in [-0.2, 0) is 0 Å². The standard InChI is InChI=1S/C13H17N3/c1-9(2)11-7-16(8-11)13-4-3-12(15)5-10(13)6-14/h3-5,9,11H,7-8,15H2,1-2H3. The van der Waals surface area contributed by atoms with Gasteiger partial charge >= 0.3 is 0 Å². The lowest BCUT2D eigenvalue weighted by molar-refractivity contribution is 0.310. The molecule has 1 aliphatic rings. The molecule has 0 radical (unpaired) electrons. The second-order valence-corrected chi connectivity index (χ2v) is 4.80. The van der Waals surface area contributed by atoms with Crippen molar-refractivity contribution in [3.63, 3.8) is 0 Å². The third-order valence-corrected chi connectivity index (χ3v) is 3.33. The molecule has 0 amide bonds. The van der Waals surface area contributed by atoms with Crippen molar-refractivity contribution in [2.45, 2.75) is 13.8 Å². The van der Waals surface area contributed by atoms with Crippen LogP contribution in [0.25, 0.3) is 0 Å². The zero-order valence-electron chi connectivity index (χ0n) is 9.77. The molecular formula is C13H17N3. The van der Waals surface area contributed by atoms with Crippen molar-refractivity contribution in [2.24, 2.45) is 11.8 Å². The fraction of sp³-hybridized carbons (Fsp3) is 0.462. The number of anilines is 2. The SMILES string of the molecule is CC(C)C1CN(c2ccc(N)cc2C#N)C1. The molecule has 1 aromatic carbocycles. The number of nitrogen functional groups attached to an aromatic ring is 1. The van der Waals surface area contributed by atoms with Gasteiger partial charge in [-0.25, -0.2) is 0 Å². The van der Waals surface area contributed by atoms with E-state index in [2.05, 4.69) is 24.8 Å². The summed E-state index contributed by atoms with van der Waals surface area (Å²) in [6, 6.07) is 7.76. The molecule has 0 bridgehead atoms. The van der Waals surface area contributed by atoms with Gasteiger partial charge in [0, 0.05) is 18.8 Å². The molecule has 1 aliphatic heterocycles. The van der Waals surface area contributed by atoms with E-state index >= 15 is 0 Å². The zero-order valence-corrected chi connectivity index (χ0v) is 9.77. The Balaban J connectivity index is 2.15. The normalized spacial score (nSPS) is 16.0. The highest BCUT2D eigenvalue weighted by Gasteiger charge is 2.30. The van der Waals surface area contributed by atoms with Crippen LogP contribution in [0, 0.1) is 23.2 Å². The van der Waals surface area contributed by atoms with Crippen LogP contribution in [0.3, 0.4) is 0 Å². The first-order valence-corrected chi connectivity index (χ1v) is 5.66. The summed E-state index contributed by atoms with van der Waals surface area (Å²) in [7, 11) is 0. The number of hydrogen-bond donors (Lipinski definition) is 1. The third-order valence-electron chi connectivity index (χ3n) is 3.33. The molecule has 3 heteroatoms. The van der Waals surface area contributed by atoms with Gasteiger partial charge in [-0.15, -0.1) is 0 Å². The number of benzene rings is 1. The van der Waals surface area contributed by atoms with Crippen LogP contribution in [0.2, 0.25) is 0 Å². The lowest BCUT2D eigenvalue weighted by Gasteiger charge is -2.43. The van der Waals surface area contributed by atoms with Gasteiger partial charge in [-0.05, 0) is 30.0 Å². The van der Waals surface area contributed by atoms with Crippen LogP contribution in [0.4, 0.5) is 11.4 Å². The maximum atomic E-state index is 9.05. The molecule has 0 aliphatic carbocycles. The summed E-state index contributed by atoms with van der Waals surface area (Å²) in [5, 5.41) is 9.05. The van der Waals surface area contributed by atoms with E-state index in [0.29, 0.717) is 11.3 Å². The zero-order chi connectivity index (χ0) is 11.7. The molecule has 1 saturated heterocycles. The van der Waals surface area contributed by atoms with Crippen molar-refractivity contribution in [3.05, 3.63) is 23.8 Å². The van der Waals surface area contributed by atoms with Gasteiger partial charge in [0.25, 0.3) is 0 Å². The highest BCUT2D eigenvalue weighted by atomic mass is 15.2. The highest BCUT2D eigenvalue weighted by Crippen LogP contribution is 2.31. The summed E-state index contributed by atoms with van der Waals surface area (Å²) >= 11 is 0. The van der Waals surface area contributed by atoms with Crippen LogP contribution in [-0.4, -0.2) is 13.1 Å². The Bertz CT molecular complexity index is 425. The van der Waals surface area contributed by atoms with Gasteiger partial charge in [0.2, 0.25) is 0 Å². The van der Waals surface area contributed by atoms with E-state index in [1.807, 2.05) is 12.1 Å². The summed E-state index contributed by atoms with van der Waals surface area (Å²) in [6.07, 6.45) is 0. The van der Waals surface area contributed by atoms with Crippen LogP contribution < -0.4 is 10.6 Å². The Hall–Kier alpha value is -1.69. The van der Waals surface area contributed by atoms with Crippen LogP contribution in [0.15, 0.2) is 18.2 Å².